The third kappa shape index (κ3) is 4.93. The maximum Gasteiger partial charge on any atom is 0.308 e. The molecule has 7 heteroatoms. The quantitative estimate of drug-likeness (QED) is 0.480. The number of hydrogen-bond acceptors (Lipinski definition) is 3. The lowest BCUT2D eigenvalue weighted by Gasteiger charge is -2.33. The molecule has 1 fully saturated rings. The molecule has 132 valence electrons. The molecule has 0 amide bonds. The Balaban J connectivity index is 2.04. The molecule has 24 heavy (non-hydrogen) atoms. The zero-order valence-electron chi connectivity index (χ0n) is 14.0. The molecule has 1 N–H and O–H groups in total. The Morgan fingerprint density at radius 1 is 1.46 bits per heavy atom. The van der Waals surface area contributed by atoms with E-state index in [9.17, 15) is 9.18 Å². The van der Waals surface area contributed by atoms with Crippen molar-refractivity contribution in [2.24, 2.45) is 10.9 Å². The minimum absolute atomic E-state index is 0.0357. The number of piperidine rings is 1. The summed E-state index contributed by atoms with van der Waals surface area (Å²) in [6.07, 6.45) is 1.50. The van der Waals surface area contributed by atoms with Crippen molar-refractivity contribution in [3.05, 3.63) is 34.1 Å². The topological polar surface area (TPSA) is 53.9 Å². The lowest BCUT2D eigenvalue weighted by Crippen LogP contribution is -2.46. The summed E-state index contributed by atoms with van der Waals surface area (Å²) in [5, 5.41) is 3.27. The molecule has 1 aromatic carbocycles. The number of benzene rings is 1. The molecule has 0 bridgehead atoms. The molecule has 1 aliphatic rings. The first-order chi connectivity index (χ1) is 11.5. The number of nitrogens with one attached hydrogen (secondary N) is 1. The Labute approximate surface area is 150 Å². The second-order valence-corrected chi connectivity index (χ2v) is 6.54. The fourth-order valence-electron chi connectivity index (χ4n) is 2.74. The van der Waals surface area contributed by atoms with Gasteiger partial charge in [0, 0.05) is 24.1 Å². The van der Waals surface area contributed by atoms with E-state index in [1.54, 1.807) is 6.07 Å². The zero-order chi connectivity index (χ0) is 17.5. The summed E-state index contributed by atoms with van der Waals surface area (Å²) in [5.41, 5.74) is 0.801. The SMILES string of the molecule is CCNC(=NCc1cc(F)ccc1Br)N1CCC(C(=O)OC)CC1. The van der Waals surface area contributed by atoms with Gasteiger partial charge in [0.05, 0.1) is 19.6 Å². The van der Waals surface area contributed by atoms with Crippen LogP contribution in [0.15, 0.2) is 27.7 Å². The van der Waals surface area contributed by atoms with Crippen LogP contribution in [0, 0.1) is 11.7 Å². The van der Waals surface area contributed by atoms with Crippen molar-refractivity contribution < 1.29 is 13.9 Å². The standard InChI is InChI=1S/C17H23BrFN3O2/c1-3-20-17(21-11-13-10-14(19)4-5-15(13)18)22-8-6-12(7-9-22)16(23)24-2/h4-5,10,12H,3,6-9,11H2,1-2H3,(H,20,21). The van der Waals surface area contributed by atoms with E-state index in [2.05, 4.69) is 31.1 Å². The Morgan fingerprint density at radius 3 is 2.79 bits per heavy atom. The molecule has 0 unspecified atom stereocenters. The maximum absolute atomic E-state index is 13.4. The van der Waals surface area contributed by atoms with Crippen LogP contribution in [-0.4, -0.2) is 43.6 Å². The predicted molar refractivity (Wildman–Crippen MR) is 95.2 cm³/mol. The van der Waals surface area contributed by atoms with Crippen molar-refractivity contribution >= 4 is 27.9 Å². The maximum atomic E-state index is 13.4. The van der Waals surface area contributed by atoms with E-state index in [0.29, 0.717) is 6.54 Å². The Kier molecular flexibility index (Phi) is 7.02. The summed E-state index contributed by atoms with van der Waals surface area (Å²) in [6, 6.07) is 4.59. The number of likely N-dealkylation sites (tertiary alicyclic amines) is 1. The van der Waals surface area contributed by atoms with Gasteiger partial charge in [0.25, 0.3) is 0 Å². The first kappa shape index (κ1) is 18.7. The monoisotopic (exact) mass is 399 g/mol. The van der Waals surface area contributed by atoms with Crippen LogP contribution >= 0.6 is 15.9 Å². The van der Waals surface area contributed by atoms with E-state index >= 15 is 0 Å². The third-order valence-electron chi connectivity index (χ3n) is 4.07. The van der Waals surface area contributed by atoms with Crippen molar-refractivity contribution in [1.29, 1.82) is 0 Å². The molecule has 1 aliphatic heterocycles. The number of halogens is 2. The van der Waals surface area contributed by atoms with Crippen molar-refractivity contribution in [3.8, 4) is 0 Å². The van der Waals surface area contributed by atoms with Gasteiger partial charge >= 0.3 is 5.97 Å². The van der Waals surface area contributed by atoms with Crippen molar-refractivity contribution in [3.63, 3.8) is 0 Å². The summed E-state index contributed by atoms with van der Waals surface area (Å²) < 4.78 is 19.0. The molecule has 2 rings (SSSR count). The predicted octanol–water partition coefficient (Wildman–Crippen LogP) is 2.94. The summed E-state index contributed by atoms with van der Waals surface area (Å²) >= 11 is 3.43. The summed E-state index contributed by atoms with van der Waals surface area (Å²) in [7, 11) is 1.43. The van der Waals surface area contributed by atoms with Gasteiger partial charge in [-0.15, -0.1) is 0 Å². The third-order valence-corrected chi connectivity index (χ3v) is 4.84. The van der Waals surface area contributed by atoms with E-state index in [1.807, 2.05) is 6.92 Å². The first-order valence-electron chi connectivity index (χ1n) is 8.10. The van der Waals surface area contributed by atoms with Crippen molar-refractivity contribution in [1.82, 2.24) is 10.2 Å². The van der Waals surface area contributed by atoms with Gasteiger partial charge in [0.2, 0.25) is 0 Å². The number of rotatable bonds is 4. The average Bonchev–Trinajstić information content (AvgIpc) is 2.60. The zero-order valence-corrected chi connectivity index (χ0v) is 15.6. The number of guanidine groups is 1. The van der Waals surface area contributed by atoms with Gasteiger partial charge in [-0.3, -0.25) is 4.79 Å². The molecule has 0 aliphatic carbocycles. The molecule has 5 nitrogen and oxygen atoms in total. The highest BCUT2D eigenvalue weighted by atomic mass is 79.9. The Hall–Kier alpha value is -1.63. The fraction of sp³-hybridized carbons (Fsp3) is 0.529. The van der Waals surface area contributed by atoms with Crippen LogP contribution < -0.4 is 5.32 Å². The van der Waals surface area contributed by atoms with E-state index < -0.39 is 0 Å². The van der Waals surface area contributed by atoms with E-state index in [1.165, 1.54) is 19.2 Å². The summed E-state index contributed by atoms with van der Waals surface area (Å²) in [4.78, 5) is 18.4. The smallest absolute Gasteiger partial charge is 0.308 e. The van der Waals surface area contributed by atoms with Crippen LogP contribution in [0.1, 0.15) is 25.3 Å². The summed E-state index contributed by atoms with van der Waals surface area (Å²) in [5.74, 6) is 0.344. The van der Waals surface area contributed by atoms with Crippen LogP contribution in [0.25, 0.3) is 0 Å². The van der Waals surface area contributed by atoms with Gasteiger partial charge < -0.3 is 15.0 Å². The number of esters is 1. The van der Waals surface area contributed by atoms with Gasteiger partial charge in [-0.05, 0) is 43.5 Å². The molecule has 0 radical (unpaired) electrons. The van der Waals surface area contributed by atoms with Crippen LogP contribution in [0.2, 0.25) is 0 Å². The number of nitrogens with zero attached hydrogens (tertiary/aromatic N) is 2. The number of carbonyl (C=O) groups is 1. The molecule has 1 aromatic rings. The van der Waals surface area contributed by atoms with Gasteiger partial charge in [0.1, 0.15) is 5.82 Å². The molecule has 0 atom stereocenters. The fourth-order valence-corrected chi connectivity index (χ4v) is 3.12. The van der Waals surface area contributed by atoms with Crippen LogP contribution in [0.3, 0.4) is 0 Å². The normalized spacial score (nSPS) is 16.2. The second kappa shape index (κ2) is 9.01. The Bertz CT molecular complexity index is 601. The van der Waals surface area contributed by atoms with Gasteiger partial charge in [-0.25, -0.2) is 9.38 Å². The van der Waals surface area contributed by atoms with E-state index in [0.717, 1.165) is 48.5 Å². The summed E-state index contributed by atoms with van der Waals surface area (Å²) in [6.45, 7) is 4.64. The highest BCUT2D eigenvalue weighted by molar-refractivity contribution is 9.10. The molecule has 0 aromatic heterocycles. The van der Waals surface area contributed by atoms with E-state index in [4.69, 9.17) is 4.74 Å². The number of hydrogen-bond donors (Lipinski definition) is 1. The lowest BCUT2D eigenvalue weighted by molar-refractivity contribution is -0.146. The lowest BCUT2D eigenvalue weighted by atomic mass is 9.97. The minimum Gasteiger partial charge on any atom is -0.469 e. The minimum atomic E-state index is -0.271. The Morgan fingerprint density at radius 2 is 2.17 bits per heavy atom. The van der Waals surface area contributed by atoms with Gasteiger partial charge in [-0.1, -0.05) is 15.9 Å². The largest absolute Gasteiger partial charge is 0.469 e. The molecule has 1 heterocycles. The van der Waals surface area contributed by atoms with Crippen molar-refractivity contribution in [2.45, 2.75) is 26.3 Å². The highest BCUT2D eigenvalue weighted by Crippen LogP contribution is 2.20. The number of methoxy groups -OCH3 is 1. The van der Waals surface area contributed by atoms with Crippen LogP contribution in [0.4, 0.5) is 4.39 Å². The number of carbonyl (C=O) groups excluding carboxylic acids is 1. The van der Waals surface area contributed by atoms with Gasteiger partial charge in [-0.2, -0.15) is 0 Å². The molecular formula is C17H23BrFN3O2. The average molecular weight is 400 g/mol. The number of aliphatic imine (C=N–C) groups is 1. The van der Waals surface area contributed by atoms with Crippen molar-refractivity contribution in [2.75, 3.05) is 26.7 Å². The molecule has 0 spiro atoms. The first-order valence-corrected chi connectivity index (χ1v) is 8.89. The van der Waals surface area contributed by atoms with Crippen LogP contribution in [0.5, 0.6) is 0 Å². The van der Waals surface area contributed by atoms with Gasteiger partial charge in [0.15, 0.2) is 5.96 Å². The molecule has 1 saturated heterocycles. The van der Waals surface area contributed by atoms with Crippen LogP contribution in [-0.2, 0) is 16.1 Å². The van der Waals surface area contributed by atoms with E-state index in [-0.39, 0.29) is 17.7 Å². The molecule has 0 saturated carbocycles. The highest BCUT2D eigenvalue weighted by Gasteiger charge is 2.26. The second-order valence-electron chi connectivity index (χ2n) is 5.69. The number of ether oxygens (including phenoxy) is 1. The molecular weight excluding hydrogens is 377 g/mol.